The highest BCUT2D eigenvalue weighted by molar-refractivity contribution is 5.81. The van der Waals surface area contributed by atoms with Crippen molar-refractivity contribution in [1.29, 1.82) is 0 Å². The van der Waals surface area contributed by atoms with Gasteiger partial charge in [0.1, 0.15) is 24.3 Å². The first kappa shape index (κ1) is 14.9. The second kappa shape index (κ2) is 6.17. The van der Waals surface area contributed by atoms with E-state index in [4.69, 9.17) is 4.74 Å². The van der Waals surface area contributed by atoms with Crippen LogP contribution in [0.1, 0.15) is 20.8 Å². The lowest BCUT2D eigenvalue weighted by atomic mass is 10.2. The maximum Gasteiger partial charge on any atom is 0.408 e. The predicted octanol–water partition coefficient (Wildman–Crippen LogP) is 0.344. The van der Waals surface area contributed by atoms with Crippen LogP contribution in [-0.2, 0) is 20.8 Å². The Morgan fingerprint density at radius 1 is 1.42 bits per heavy atom. The molecule has 1 unspecified atom stereocenters. The van der Waals surface area contributed by atoms with Crippen molar-refractivity contribution < 1.29 is 19.1 Å². The number of amides is 1. The van der Waals surface area contributed by atoms with E-state index in [0.717, 1.165) is 0 Å². The molecule has 1 rings (SSSR count). The molecule has 1 aromatic rings. The lowest BCUT2D eigenvalue weighted by Crippen LogP contribution is -2.46. The van der Waals surface area contributed by atoms with Crippen LogP contribution in [0.4, 0.5) is 4.79 Å². The average Bonchev–Trinajstić information content (AvgIpc) is 2.77. The number of hydrogen-bond acceptors (Lipinski definition) is 6. The fraction of sp³-hybridized carbons (Fsp3) is 0.636. The molecule has 0 fully saturated rings. The van der Waals surface area contributed by atoms with E-state index in [0.29, 0.717) is 0 Å². The fourth-order valence-corrected chi connectivity index (χ4v) is 1.29. The largest absolute Gasteiger partial charge is 0.467 e. The van der Waals surface area contributed by atoms with E-state index in [2.05, 4.69) is 20.1 Å². The number of esters is 1. The molecule has 1 atom stereocenters. The number of hydrogen-bond donors (Lipinski definition) is 1. The Kier molecular flexibility index (Phi) is 4.85. The van der Waals surface area contributed by atoms with Crippen molar-refractivity contribution in [2.75, 3.05) is 7.11 Å². The normalized spacial score (nSPS) is 12.6. The van der Waals surface area contributed by atoms with Crippen molar-refractivity contribution in [1.82, 2.24) is 20.1 Å². The second-order valence-corrected chi connectivity index (χ2v) is 4.84. The van der Waals surface area contributed by atoms with E-state index in [1.165, 1.54) is 24.4 Å². The Balaban J connectivity index is 2.65. The Morgan fingerprint density at radius 3 is 2.58 bits per heavy atom. The molecule has 0 bridgehead atoms. The third-order valence-corrected chi connectivity index (χ3v) is 2.01. The standard InChI is InChI=1S/C11H18N4O4/c1-11(2,3)19-10(17)14-8(9(16)18-4)5-15-7-12-6-13-15/h6-8H,5H2,1-4H3,(H,14,17). The molecule has 1 amide bonds. The van der Waals surface area contributed by atoms with E-state index in [9.17, 15) is 9.59 Å². The predicted molar refractivity (Wildman–Crippen MR) is 65.2 cm³/mol. The summed E-state index contributed by atoms with van der Waals surface area (Å²) in [6.45, 7) is 5.32. The van der Waals surface area contributed by atoms with Gasteiger partial charge in [-0.15, -0.1) is 0 Å². The molecule has 0 aromatic carbocycles. The zero-order chi connectivity index (χ0) is 14.5. The minimum absolute atomic E-state index is 0.117. The molecule has 8 nitrogen and oxygen atoms in total. The van der Waals surface area contributed by atoms with Gasteiger partial charge in [0, 0.05) is 0 Å². The highest BCUT2D eigenvalue weighted by atomic mass is 16.6. The number of carbonyl (C=O) groups is 2. The van der Waals surface area contributed by atoms with E-state index in [1.807, 2.05) is 0 Å². The van der Waals surface area contributed by atoms with Gasteiger partial charge in [0.25, 0.3) is 0 Å². The molecule has 0 saturated heterocycles. The Morgan fingerprint density at radius 2 is 2.11 bits per heavy atom. The summed E-state index contributed by atoms with van der Waals surface area (Å²) < 4.78 is 11.1. The molecule has 0 aliphatic rings. The molecule has 8 heteroatoms. The van der Waals surface area contributed by atoms with Crippen molar-refractivity contribution in [3.63, 3.8) is 0 Å². The Bertz CT molecular complexity index is 424. The summed E-state index contributed by atoms with van der Waals surface area (Å²) in [5.74, 6) is -0.582. The van der Waals surface area contributed by atoms with Crippen molar-refractivity contribution in [3.8, 4) is 0 Å². The summed E-state index contributed by atoms with van der Waals surface area (Å²) in [5, 5.41) is 6.30. The average molecular weight is 270 g/mol. The number of alkyl carbamates (subject to hydrolysis) is 1. The van der Waals surface area contributed by atoms with Gasteiger partial charge < -0.3 is 14.8 Å². The number of aromatic nitrogens is 3. The SMILES string of the molecule is COC(=O)C(Cn1cncn1)NC(=O)OC(C)(C)C. The lowest BCUT2D eigenvalue weighted by Gasteiger charge is -2.22. The summed E-state index contributed by atoms with van der Waals surface area (Å²) in [6, 6.07) is -0.887. The minimum atomic E-state index is -0.887. The van der Waals surface area contributed by atoms with Crippen LogP contribution >= 0.6 is 0 Å². The van der Waals surface area contributed by atoms with Crippen molar-refractivity contribution in [2.45, 2.75) is 39.0 Å². The molecular formula is C11H18N4O4. The maximum absolute atomic E-state index is 11.6. The third kappa shape index (κ3) is 5.36. The van der Waals surface area contributed by atoms with Gasteiger partial charge in [-0.3, -0.25) is 4.68 Å². The summed E-state index contributed by atoms with van der Waals surface area (Å²) in [5.41, 5.74) is -0.641. The van der Waals surface area contributed by atoms with E-state index in [-0.39, 0.29) is 6.54 Å². The van der Waals surface area contributed by atoms with Gasteiger partial charge in [-0.2, -0.15) is 5.10 Å². The molecular weight excluding hydrogens is 252 g/mol. The molecule has 19 heavy (non-hydrogen) atoms. The van der Waals surface area contributed by atoms with Crippen LogP contribution in [0.15, 0.2) is 12.7 Å². The molecule has 1 aromatic heterocycles. The highest BCUT2D eigenvalue weighted by Gasteiger charge is 2.25. The number of ether oxygens (including phenoxy) is 2. The Hall–Kier alpha value is -2.12. The first-order valence-corrected chi connectivity index (χ1v) is 5.71. The smallest absolute Gasteiger partial charge is 0.408 e. The quantitative estimate of drug-likeness (QED) is 0.793. The van der Waals surface area contributed by atoms with Crippen LogP contribution in [-0.4, -0.2) is 45.6 Å². The van der Waals surface area contributed by atoms with Crippen molar-refractivity contribution in [2.24, 2.45) is 0 Å². The molecule has 0 spiro atoms. The van der Waals surface area contributed by atoms with Crippen LogP contribution in [0.2, 0.25) is 0 Å². The van der Waals surface area contributed by atoms with Gasteiger partial charge in [0.05, 0.1) is 13.7 Å². The number of nitrogens with one attached hydrogen (secondary N) is 1. The summed E-state index contributed by atoms with van der Waals surface area (Å²) in [4.78, 5) is 27.0. The van der Waals surface area contributed by atoms with Gasteiger partial charge in [-0.25, -0.2) is 14.6 Å². The summed E-state index contributed by atoms with van der Waals surface area (Å²) in [6.07, 6.45) is 2.08. The van der Waals surface area contributed by atoms with E-state index >= 15 is 0 Å². The van der Waals surface area contributed by atoms with Crippen LogP contribution in [0.3, 0.4) is 0 Å². The maximum atomic E-state index is 11.6. The van der Waals surface area contributed by atoms with Gasteiger partial charge in [0.15, 0.2) is 0 Å². The van der Waals surface area contributed by atoms with Gasteiger partial charge in [0.2, 0.25) is 0 Å². The lowest BCUT2D eigenvalue weighted by molar-refractivity contribution is -0.143. The molecule has 0 saturated carbocycles. The van der Waals surface area contributed by atoms with Gasteiger partial charge >= 0.3 is 12.1 Å². The van der Waals surface area contributed by atoms with Gasteiger partial charge in [-0.05, 0) is 20.8 Å². The molecule has 106 valence electrons. The molecule has 0 aliphatic carbocycles. The highest BCUT2D eigenvalue weighted by Crippen LogP contribution is 2.07. The van der Waals surface area contributed by atoms with E-state index in [1.54, 1.807) is 20.8 Å². The fourth-order valence-electron chi connectivity index (χ4n) is 1.29. The minimum Gasteiger partial charge on any atom is -0.467 e. The number of methoxy groups -OCH3 is 1. The molecule has 1 N–H and O–H groups in total. The zero-order valence-corrected chi connectivity index (χ0v) is 11.4. The zero-order valence-electron chi connectivity index (χ0n) is 11.4. The second-order valence-electron chi connectivity index (χ2n) is 4.84. The molecule has 0 radical (unpaired) electrons. The first-order chi connectivity index (χ1) is 8.81. The Labute approximate surface area is 111 Å². The van der Waals surface area contributed by atoms with Crippen molar-refractivity contribution >= 4 is 12.1 Å². The summed E-state index contributed by atoms with van der Waals surface area (Å²) in [7, 11) is 1.24. The first-order valence-electron chi connectivity index (χ1n) is 5.71. The van der Waals surface area contributed by atoms with Crippen LogP contribution in [0.25, 0.3) is 0 Å². The number of carbonyl (C=O) groups excluding carboxylic acids is 2. The summed E-state index contributed by atoms with van der Waals surface area (Å²) >= 11 is 0. The molecule has 1 heterocycles. The number of nitrogens with zero attached hydrogens (tertiary/aromatic N) is 3. The topological polar surface area (TPSA) is 95.3 Å². The third-order valence-electron chi connectivity index (χ3n) is 2.01. The van der Waals surface area contributed by atoms with Crippen LogP contribution in [0.5, 0.6) is 0 Å². The van der Waals surface area contributed by atoms with Gasteiger partial charge in [-0.1, -0.05) is 0 Å². The molecule has 0 aliphatic heterocycles. The monoisotopic (exact) mass is 270 g/mol. The van der Waals surface area contributed by atoms with Crippen LogP contribution < -0.4 is 5.32 Å². The van der Waals surface area contributed by atoms with Crippen LogP contribution in [0, 0.1) is 0 Å². The van der Waals surface area contributed by atoms with E-state index < -0.39 is 23.7 Å². The van der Waals surface area contributed by atoms with Crippen molar-refractivity contribution in [3.05, 3.63) is 12.7 Å². The number of rotatable bonds is 4.